The Labute approximate surface area is 220 Å². The van der Waals surface area contributed by atoms with E-state index in [4.69, 9.17) is 28.2 Å². The van der Waals surface area contributed by atoms with Gasteiger partial charge >= 0.3 is 6.03 Å². The number of hydrogen-bond acceptors (Lipinski definition) is 3. The maximum Gasteiger partial charge on any atom is 0.322 e. The molecule has 0 bridgehead atoms. The van der Waals surface area contributed by atoms with E-state index in [1.54, 1.807) is 33.7 Å². The molecule has 0 fully saturated rings. The molecule has 0 aliphatic heterocycles. The Balaban J connectivity index is 1.82. The molecule has 1 unspecified atom stereocenters. The smallest absolute Gasteiger partial charge is 0.310 e. The van der Waals surface area contributed by atoms with Crippen LogP contribution in [0.3, 0.4) is 0 Å². The fourth-order valence-corrected chi connectivity index (χ4v) is 4.76. The van der Waals surface area contributed by atoms with E-state index < -0.39 is 6.04 Å². The van der Waals surface area contributed by atoms with Gasteiger partial charge in [0.1, 0.15) is 5.82 Å². The summed E-state index contributed by atoms with van der Waals surface area (Å²) in [6.07, 6.45) is 1.32. The second-order valence-electron chi connectivity index (χ2n) is 8.54. The molecule has 3 aromatic carbocycles. The van der Waals surface area contributed by atoms with Crippen LogP contribution in [0.4, 0.5) is 10.5 Å². The van der Waals surface area contributed by atoms with Gasteiger partial charge in [-0.3, -0.25) is 9.36 Å². The summed E-state index contributed by atoms with van der Waals surface area (Å²) in [5, 5.41) is 4.32. The number of carbonyl (C=O) groups is 1. The molecule has 1 aromatic heterocycles. The molecule has 36 heavy (non-hydrogen) atoms. The van der Waals surface area contributed by atoms with E-state index >= 15 is 0 Å². The molecule has 2 amide bonds. The monoisotopic (exact) mass is 522 g/mol. The van der Waals surface area contributed by atoms with Crippen molar-refractivity contribution in [3.05, 3.63) is 105 Å². The molecule has 186 valence electrons. The van der Waals surface area contributed by atoms with Crippen LogP contribution in [0.25, 0.3) is 10.9 Å². The van der Waals surface area contributed by atoms with Gasteiger partial charge < -0.3 is 10.2 Å². The van der Waals surface area contributed by atoms with E-state index in [0.717, 1.165) is 12.0 Å². The lowest BCUT2D eigenvalue weighted by Crippen LogP contribution is -2.40. The van der Waals surface area contributed by atoms with Gasteiger partial charge in [0, 0.05) is 18.1 Å². The summed E-state index contributed by atoms with van der Waals surface area (Å²) in [7, 11) is 0. The third-order valence-corrected chi connectivity index (χ3v) is 6.58. The van der Waals surface area contributed by atoms with Crippen LogP contribution >= 0.6 is 23.2 Å². The first-order valence-corrected chi connectivity index (χ1v) is 12.7. The first kappa shape index (κ1) is 25.7. The zero-order valence-corrected chi connectivity index (χ0v) is 21.8. The molecule has 0 aliphatic carbocycles. The number of anilines is 1. The Bertz CT molecular complexity index is 1420. The fourth-order valence-electron chi connectivity index (χ4n) is 4.30. The molecule has 8 heteroatoms. The van der Waals surface area contributed by atoms with Gasteiger partial charge in [-0.05, 0) is 48.7 Å². The SMILES string of the molecule is CCCn1c(C(CC)N(Cc2ccccc2)C(=O)Nc2ccc(Cl)cc2Cl)nc2ccccc2c1=O. The van der Waals surface area contributed by atoms with Crippen molar-refractivity contribution in [2.45, 2.75) is 45.8 Å². The van der Waals surface area contributed by atoms with Crippen molar-refractivity contribution < 1.29 is 4.79 Å². The number of fused-ring (bicyclic) bond motifs is 1. The summed E-state index contributed by atoms with van der Waals surface area (Å²) in [4.78, 5) is 33.8. The predicted molar refractivity (Wildman–Crippen MR) is 147 cm³/mol. The molecule has 0 spiro atoms. The van der Waals surface area contributed by atoms with Gasteiger partial charge in [-0.2, -0.15) is 0 Å². The summed E-state index contributed by atoms with van der Waals surface area (Å²) < 4.78 is 1.71. The third kappa shape index (κ3) is 5.55. The van der Waals surface area contributed by atoms with Gasteiger partial charge in [0.2, 0.25) is 0 Å². The fraction of sp³-hybridized carbons (Fsp3) is 0.250. The average molecular weight is 523 g/mol. The topological polar surface area (TPSA) is 67.2 Å². The number of carbonyl (C=O) groups excluding carboxylic acids is 1. The highest BCUT2D eigenvalue weighted by atomic mass is 35.5. The van der Waals surface area contributed by atoms with Crippen LogP contribution in [0, 0.1) is 0 Å². The molecule has 0 aliphatic rings. The molecule has 0 radical (unpaired) electrons. The van der Waals surface area contributed by atoms with E-state index in [-0.39, 0.29) is 11.6 Å². The molecule has 4 rings (SSSR count). The van der Waals surface area contributed by atoms with E-state index in [9.17, 15) is 9.59 Å². The molecule has 1 atom stereocenters. The Hall–Kier alpha value is -3.35. The zero-order valence-electron chi connectivity index (χ0n) is 20.2. The van der Waals surface area contributed by atoms with Crippen molar-refractivity contribution >= 4 is 45.8 Å². The molecule has 1 heterocycles. The largest absolute Gasteiger partial charge is 0.322 e. The number of urea groups is 1. The summed E-state index contributed by atoms with van der Waals surface area (Å²) in [6, 6.07) is 21.2. The number of nitrogens with one attached hydrogen (secondary N) is 1. The molecule has 0 saturated carbocycles. The number of aromatic nitrogens is 2. The molecule has 6 nitrogen and oxygen atoms in total. The first-order chi connectivity index (χ1) is 17.4. The van der Waals surface area contributed by atoms with Gasteiger partial charge in [-0.15, -0.1) is 0 Å². The Morgan fingerprint density at radius 3 is 2.44 bits per heavy atom. The van der Waals surface area contributed by atoms with Gasteiger partial charge in [-0.1, -0.05) is 79.5 Å². The van der Waals surface area contributed by atoms with Crippen LogP contribution in [0.1, 0.15) is 44.1 Å². The number of hydrogen-bond donors (Lipinski definition) is 1. The van der Waals surface area contributed by atoms with Crippen LogP contribution in [0.15, 0.2) is 77.6 Å². The normalized spacial score (nSPS) is 11.9. The Kier molecular flexibility index (Phi) is 8.28. The quantitative estimate of drug-likeness (QED) is 0.264. The summed E-state index contributed by atoms with van der Waals surface area (Å²) in [6.45, 7) is 4.84. The maximum atomic E-state index is 13.8. The van der Waals surface area contributed by atoms with E-state index in [1.165, 1.54) is 0 Å². The van der Waals surface area contributed by atoms with Crippen molar-refractivity contribution in [1.82, 2.24) is 14.5 Å². The van der Waals surface area contributed by atoms with Crippen molar-refractivity contribution in [3.63, 3.8) is 0 Å². The van der Waals surface area contributed by atoms with Crippen molar-refractivity contribution in [3.8, 4) is 0 Å². The van der Waals surface area contributed by atoms with Crippen molar-refractivity contribution in [2.75, 3.05) is 5.32 Å². The van der Waals surface area contributed by atoms with Crippen molar-refractivity contribution in [1.29, 1.82) is 0 Å². The Morgan fingerprint density at radius 2 is 1.75 bits per heavy atom. The molecular weight excluding hydrogens is 495 g/mol. The van der Waals surface area contributed by atoms with Crippen molar-refractivity contribution in [2.24, 2.45) is 0 Å². The number of nitrogens with zero attached hydrogens (tertiary/aromatic N) is 3. The van der Waals surface area contributed by atoms with Gasteiger partial charge in [0.05, 0.1) is 27.7 Å². The van der Waals surface area contributed by atoms with Crippen LogP contribution in [0.2, 0.25) is 10.0 Å². The highest BCUT2D eigenvalue weighted by molar-refractivity contribution is 6.36. The van der Waals surface area contributed by atoms with Crippen LogP contribution in [-0.2, 0) is 13.1 Å². The highest BCUT2D eigenvalue weighted by Gasteiger charge is 2.29. The number of halogens is 2. The lowest BCUT2D eigenvalue weighted by molar-refractivity contribution is 0.175. The predicted octanol–water partition coefficient (Wildman–Crippen LogP) is 7.30. The average Bonchev–Trinajstić information content (AvgIpc) is 2.88. The summed E-state index contributed by atoms with van der Waals surface area (Å²) in [5.74, 6) is 0.566. The van der Waals surface area contributed by atoms with E-state index in [0.29, 0.717) is 52.0 Å². The standard InChI is InChI=1S/C28H28Cl2N4O2/c1-3-16-33-26(31-23-13-9-8-12-21(23)27(33)35)25(4-2)34(18-19-10-6-5-7-11-19)28(36)32-24-15-14-20(29)17-22(24)30/h5-15,17,25H,3-4,16,18H2,1-2H3,(H,32,36). The second-order valence-corrected chi connectivity index (χ2v) is 9.38. The van der Waals surface area contributed by atoms with Gasteiger partial charge in [0.15, 0.2) is 0 Å². The van der Waals surface area contributed by atoms with Crippen LogP contribution in [0.5, 0.6) is 0 Å². The minimum Gasteiger partial charge on any atom is -0.310 e. The summed E-state index contributed by atoms with van der Waals surface area (Å²) in [5.41, 5.74) is 1.93. The van der Waals surface area contributed by atoms with E-state index in [1.807, 2.05) is 62.4 Å². The number of benzene rings is 3. The van der Waals surface area contributed by atoms with Crippen LogP contribution in [-0.4, -0.2) is 20.5 Å². The maximum absolute atomic E-state index is 13.8. The minimum absolute atomic E-state index is 0.100. The lowest BCUT2D eigenvalue weighted by atomic mass is 10.1. The lowest BCUT2D eigenvalue weighted by Gasteiger charge is -2.32. The summed E-state index contributed by atoms with van der Waals surface area (Å²) >= 11 is 12.4. The van der Waals surface area contributed by atoms with Crippen LogP contribution < -0.4 is 10.9 Å². The Morgan fingerprint density at radius 1 is 1.03 bits per heavy atom. The number of rotatable bonds is 8. The second kappa shape index (κ2) is 11.6. The zero-order chi connectivity index (χ0) is 25.7. The molecular formula is C28H28Cl2N4O2. The third-order valence-electron chi connectivity index (χ3n) is 6.03. The number of para-hydroxylation sites is 1. The first-order valence-electron chi connectivity index (χ1n) is 12.0. The molecule has 0 saturated heterocycles. The van der Waals surface area contributed by atoms with E-state index in [2.05, 4.69) is 5.32 Å². The number of amides is 2. The van der Waals surface area contributed by atoms with Gasteiger partial charge in [0.25, 0.3) is 5.56 Å². The van der Waals surface area contributed by atoms with Gasteiger partial charge in [-0.25, -0.2) is 9.78 Å². The highest BCUT2D eigenvalue weighted by Crippen LogP contribution is 2.29. The molecule has 4 aromatic rings. The molecule has 1 N–H and O–H groups in total. The minimum atomic E-state index is -0.458.